The van der Waals surface area contributed by atoms with Crippen molar-refractivity contribution in [2.45, 2.75) is 62.5 Å². The van der Waals surface area contributed by atoms with Crippen LogP contribution in [0, 0.1) is 6.92 Å². The van der Waals surface area contributed by atoms with E-state index in [1.807, 2.05) is 0 Å². The fourth-order valence-electron chi connectivity index (χ4n) is 3.46. The molecule has 3 heterocycles. The second-order valence-corrected chi connectivity index (χ2v) is 11.4. The summed E-state index contributed by atoms with van der Waals surface area (Å²) in [4.78, 5) is 45.3. The molecule has 0 spiro atoms. The summed E-state index contributed by atoms with van der Waals surface area (Å²) in [6, 6.07) is 0. The number of aryl methyl sites for hydroxylation is 1. The molecule has 2 aliphatic rings. The number of aliphatic hydroxyl groups is 4. The lowest BCUT2D eigenvalue weighted by Crippen LogP contribution is -2.58. The van der Waals surface area contributed by atoms with E-state index in [4.69, 9.17) is 9.47 Å². The van der Waals surface area contributed by atoms with Gasteiger partial charge >= 0.3 is 21.3 Å². The van der Waals surface area contributed by atoms with E-state index >= 15 is 0 Å². The number of phosphoric ester groups is 2. The van der Waals surface area contributed by atoms with Crippen molar-refractivity contribution in [3.05, 3.63) is 32.6 Å². The molecule has 0 aliphatic carbocycles. The normalized spacial score (nSPS) is 36.3. The van der Waals surface area contributed by atoms with Gasteiger partial charge in [-0.05, 0) is 6.92 Å². The minimum atomic E-state index is -5.48. The van der Waals surface area contributed by atoms with Crippen LogP contribution in [-0.4, -0.2) is 95.0 Å². The van der Waals surface area contributed by atoms with Crippen LogP contribution >= 0.6 is 28.3 Å². The van der Waals surface area contributed by atoms with Gasteiger partial charge in [0.1, 0.15) is 30.6 Å². The molecular formula is C16H26N2O15P2S. The first kappa shape index (κ1) is 29.6. The summed E-state index contributed by atoms with van der Waals surface area (Å²) in [5.74, 6) is -0.182. The van der Waals surface area contributed by atoms with Crippen LogP contribution in [0.5, 0.6) is 0 Å². The molecule has 7 N–H and O–H groups in total. The minimum Gasteiger partial charge on any atom is -0.390 e. The van der Waals surface area contributed by atoms with Gasteiger partial charge in [0, 0.05) is 23.9 Å². The Bertz CT molecular complexity index is 1140. The average molecular weight is 580 g/mol. The number of nitrogens with zero attached hydrogens (tertiary/aromatic N) is 1. The quantitative estimate of drug-likeness (QED) is 0.111. The number of ether oxygens (including phenoxy) is 2. The molecule has 2 saturated heterocycles. The molecule has 2 aliphatic heterocycles. The Morgan fingerprint density at radius 2 is 1.75 bits per heavy atom. The molecule has 0 bridgehead atoms. The van der Waals surface area contributed by atoms with Crippen molar-refractivity contribution in [1.82, 2.24) is 9.55 Å². The van der Waals surface area contributed by atoms with Crippen LogP contribution in [0.15, 0.2) is 15.8 Å². The van der Waals surface area contributed by atoms with Crippen LogP contribution in [0.3, 0.4) is 0 Å². The third kappa shape index (κ3) is 6.92. The first-order valence-corrected chi connectivity index (χ1v) is 13.9. The summed E-state index contributed by atoms with van der Waals surface area (Å²) in [6.07, 6.45) is -11.3. The van der Waals surface area contributed by atoms with E-state index in [0.29, 0.717) is 0 Å². The molecule has 4 unspecified atom stereocenters. The van der Waals surface area contributed by atoms with Gasteiger partial charge in [-0.2, -0.15) is 16.9 Å². The Hall–Kier alpha value is -0.950. The van der Waals surface area contributed by atoms with E-state index < -0.39 is 82.6 Å². The largest absolute Gasteiger partial charge is 0.483 e. The summed E-state index contributed by atoms with van der Waals surface area (Å²) < 4.78 is 49.2. The highest BCUT2D eigenvalue weighted by molar-refractivity contribution is 7.80. The van der Waals surface area contributed by atoms with Crippen molar-refractivity contribution < 1.29 is 62.2 Å². The van der Waals surface area contributed by atoms with Crippen molar-refractivity contribution in [3.63, 3.8) is 0 Å². The highest BCUT2D eigenvalue weighted by atomic mass is 32.1. The van der Waals surface area contributed by atoms with Gasteiger partial charge in [0.05, 0.1) is 18.8 Å². The lowest BCUT2D eigenvalue weighted by molar-refractivity contribution is -0.270. The van der Waals surface area contributed by atoms with Crippen molar-refractivity contribution >= 4 is 28.3 Å². The SMILES string of the molecule is Cc1cn([C@H]2C[C@@H](O)[C@@H](COP(=O)(O)OP(=O)(O)O[C@H]3OC(CS)[C@@H](O)[C@H](O)C3O)O2)c(=O)[nH]c1=O. The summed E-state index contributed by atoms with van der Waals surface area (Å²) in [5, 5.41) is 39.7. The van der Waals surface area contributed by atoms with E-state index in [-0.39, 0.29) is 17.7 Å². The zero-order valence-corrected chi connectivity index (χ0v) is 21.1. The summed E-state index contributed by atoms with van der Waals surface area (Å²) in [6.45, 7) is 0.603. The van der Waals surface area contributed by atoms with Gasteiger partial charge in [-0.3, -0.25) is 23.4 Å². The van der Waals surface area contributed by atoms with E-state index in [2.05, 4.69) is 31.0 Å². The van der Waals surface area contributed by atoms with Crippen LogP contribution < -0.4 is 11.2 Å². The van der Waals surface area contributed by atoms with Crippen LogP contribution in [0.1, 0.15) is 18.2 Å². The molecule has 3 rings (SSSR count). The topological polar surface area (TPSA) is 257 Å². The van der Waals surface area contributed by atoms with E-state index in [0.717, 1.165) is 4.57 Å². The standard InChI is InChI=1S/C16H26N2O15P2S/c1-6-3-18(16(24)17-14(6)23)10-2-7(19)8(30-10)4-29-34(25,26)33-35(27,28)32-15-13(22)12(21)11(20)9(5-36)31-15/h3,7-13,15,19-22,36H,2,4-5H2,1H3,(H,25,26)(H,27,28)(H,17,23,24)/t7-,8-,9?,10-,11-,12+,13?,15-/m1/s1. The Morgan fingerprint density at radius 3 is 2.39 bits per heavy atom. The van der Waals surface area contributed by atoms with Gasteiger partial charge in [0.25, 0.3) is 5.56 Å². The third-order valence-electron chi connectivity index (χ3n) is 5.35. The lowest BCUT2D eigenvalue weighted by atomic mass is 10.0. The van der Waals surface area contributed by atoms with Crippen LogP contribution in [-0.2, 0) is 32.0 Å². The Labute approximate surface area is 207 Å². The number of hydrogen-bond acceptors (Lipinski definition) is 14. The lowest BCUT2D eigenvalue weighted by Gasteiger charge is -2.39. The Kier molecular flexibility index (Phi) is 9.40. The van der Waals surface area contributed by atoms with Gasteiger partial charge in [-0.25, -0.2) is 13.9 Å². The number of phosphoric acid groups is 2. The Balaban J connectivity index is 1.59. The second-order valence-electron chi connectivity index (χ2n) is 8.03. The van der Waals surface area contributed by atoms with Crippen molar-refractivity contribution in [2.75, 3.05) is 12.4 Å². The predicted molar refractivity (Wildman–Crippen MR) is 119 cm³/mol. The highest BCUT2D eigenvalue weighted by Gasteiger charge is 2.48. The molecule has 0 amide bonds. The zero-order chi connectivity index (χ0) is 27.0. The number of aliphatic hydroxyl groups excluding tert-OH is 4. The number of thiol groups is 1. The van der Waals surface area contributed by atoms with Crippen molar-refractivity contribution in [2.24, 2.45) is 0 Å². The highest BCUT2D eigenvalue weighted by Crippen LogP contribution is 2.61. The fraction of sp³-hybridized carbons (Fsp3) is 0.750. The van der Waals surface area contributed by atoms with Gasteiger partial charge in [-0.1, -0.05) is 0 Å². The molecule has 206 valence electrons. The maximum absolute atomic E-state index is 12.2. The van der Waals surface area contributed by atoms with E-state index in [9.17, 15) is 48.9 Å². The number of rotatable bonds is 9. The number of nitrogens with one attached hydrogen (secondary N) is 1. The first-order chi connectivity index (χ1) is 16.6. The average Bonchev–Trinajstić information content (AvgIpc) is 3.14. The molecule has 1 aromatic heterocycles. The monoisotopic (exact) mass is 580 g/mol. The van der Waals surface area contributed by atoms with Crippen molar-refractivity contribution in [3.8, 4) is 0 Å². The van der Waals surface area contributed by atoms with Gasteiger partial charge < -0.3 is 39.7 Å². The number of aromatic nitrogens is 2. The van der Waals surface area contributed by atoms with Crippen molar-refractivity contribution in [1.29, 1.82) is 0 Å². The summed E-state index contributed by atoms with van der Waals surface area (Å²) >= 11 is 3.87. The molecule has 17 nitrogen and oxygen atoms in total. The fourth-order valence-corrected chi connectivity index (χ4v) is 5.92. The molecule has 2 fully saturated rings. The number of aromatic amines is 1. The number of H-pyrrole nitrogens is 1. The van der Waals surface area contributed by atoms with Gasteiger partial charge in [0.2, 0.25) is 0 Å². The smallest absolute Gasteiger partial charge is 0.390 e. The van der Waals surface area contributed by atoms with Gasteiger partial charge in [-0.15, -0.1) is 0 Å². The molecular weight excluding hydrogens is 554 g/mol. The molecule has 36 heavy (non-hydrogen) atoms. The number of hydrogen-bond donors (Lipinski definition) is 8. The zero-order valence-electron chi connectivity index (χ0n) is 18.5. The Morgan fingerprint density at radius 1 is 1.08 bits per heavy atom. The molecule has 10 atom stereocenters. The molecule has 20 heteroatoms. The minimum absolute atomic E-state index is 0.158. The first-order valence-electron chi connectivity index (χ1n) is 10.3. The van der Waals surface area contributed by atoms with E-state index in [1.165, 1.54) is 13.1 Å². The third-order valence-corrected chi connectivity index (χ3v) is 8.31. The second kappa shape index (κ2) is 11.4. The molecule has 0 radical (unpaired) electrons. The summed E-state index contributed by atoms with van der Waals surface area (Å²) in [7, 11) is -10.8. The van der Waals surface area contributed by atoms with Gasteiger partial charge in [0.15, 0.2) is 6.29 Å². The van der Waals surface area contributed by atoms with Crippen LogP contribution in [0.4, 0.5) is 0 Å². The van der Waals surface area contributed by atoms with Crippen LogP contribution in [0.25, 0.3) is 0 Å². The molecule has 0 aromatic carbocycles. The predicted octanol–water partition coefficient (Wildman–Crippen LogP) is -2.52. The molecule has 0 saturated carbocycles. The van der Waals surface area contributed by atoms with E-state index in [1.54, 1.807) is 0 Å². The van der Waals surface area contributed by atoms with Crippen LogP contribution in [0.2, 0.25) is 0 Å². The molecule has 1 aromatic rings. The summed E-state index contributed by atoms with van der Waals surface area (Å²) in [5.41, 5.74) is -1.24. The maximum Gasteiger partial charge on any atom is 0.483 e. The maximum atomic E-state index is 12.2.